The lowest BCUT2D eigenvalue weighted by atomic mass is 10.0. The fraction of sp³-hybridized carbons (Fsp3) is 0. The van der Waals surface area contributed by atoms with E-state index in [1.54, 1.807) is 36.7 Å². The first-order chi connectivity index (χ1) is 19.7. The van der Waals surface area contributed by atoms with Crippen molar-refractivity contribution in [3.63, 3.8) is 0 Å². The maximum Gasteiger partial charge on any atom is 0.271 e. The molecule has 0 aromatic heterocycles. The van der Waals surface area contributed by atoms with Crippen LogP contribution >= 0.6 is 0 Å². The first-order valence-electron chi connectivity index (χ1n) is 12.7. The number of hydrogen-bond donors (Lipinski definition) is 2. The second-order valence-corrected chi connectivity index (χ2v) is 8.95. The molecule has 5 aromatic carbocycles. The molecule has 40 heavy (non-hydrogen) atoms. The molecule has 6 nitrogen and oxygen atoms in total. The van der Waals surface area contributed by atoms with Crippen LogP contribution in [0.3, 0.4) is 0 Å². The lowest BCUT2D eigenvalue weighted by Gasteiger charge is -2.04. The highest BCUT2D eigenvalue weighted by Crippen LogP contribution is 2.20. The van der Waals surface area contributed by atoms with Gasteiger partial charge in [0.1, 0.15) is 0 Å². The molecule has 0 atom stereocenters. The number of amides is 2. The third kappa shape index (κ3) is 6.82. The van der Waals surface area contributed by atoms with E-state index in [4.69, 9.17) is 0 Å². The van der Waals surface area contributed by atoms with Crippen LogP contribution in [-0.2, 0) is 0 Å². The van der Waals surface area contributed by atoms with Crippen molar-refractivity contribution in [1.29, 1.82) is 0 Å². The summed E-state index contributed by atoms with van der Waals surface area (Å²) in [4.78, 5) is 24.8. The standard InChI is InChI=1S/C34H26N4O2/c39-33(31-19-15-29(16-20-31)27-7-3-1-4-8-27)37-35-23-25-11-13-26(14-12-25)24-36-38-34(40)32-21-17-30(18-22-32)28-9-5-2-6-10-28/h1-24H,(H,37,39)(H,38,40). The van der Waals surface area contributed by atoms with Crippen LogP contribution in [0.15, 0.2) is 144 Å². The van der Waals surface area contributed by atoms with E-state index in [0.29, 0.717) is 11.1 Å². The number of benzene rings is 5. The van der Waals surface area contributed by atoms with Gasteiger partial charge in [-0.15, -0.1) is 0 Å². The Labute approximate surface area is 232 Å². The van der Waals surface area contributed by atoms with Gasteiger partial charge in [0.2, 0.25) is 0 Å². The minimum absolute atomic E-state index is 0.287. The Morgan fingerprint density at radius 1 is 0.425 bits per heavy atom. The molecule has 6 heteroatoms. The zero-order valence-corrected chi connectivity index (χ0v) is 21.6. The zero-order valence-electron chi connectivity index (χ0n) is 21.6. The third-order valence-electron chi connectivity index (χ3n) is 6.20. The zero-order chi connectivity index (χ0) is 27.6. The Morgan fingerprint density at radius 3 is 1.10 bits per heavy atom. The average molecular weight is 523 g/mol. The van der Waals surface area contributed by atoms with Gasteiger partial charge in [-0.1, -0.05) is 109 Å². The summed E-state index contributed by atoms with van der Waals surface area (Å²) in [6.07, 6.45) is 3.14. The van der Waals surface area contributed by atoms with Gasteiger partial charge in [-0.25, -0.2) is 10.9 Å². The molecule has 0 aliphatic heterocycles. The van der Waals surface area contributed by atoms with Gasteiger partial charge in [-0.2, -0.15) is 10.2 Å². The van der Waals surface area contributed by atoms with Gasteiger partial charge in [0, 0.05) is 11.1 Å². The molecule has 5 rings (SSSR count). The van der Waals surface area contributed by atoms with E-state index in [2.05, 4.69) is 21.1 Å². The summed E-state index contributed by atoms with van der Waals surface area (Å²) in [5, 5.41) is 8.11. The molecular formula is C34H26N4O2. The number of nitrogens with one attached hydrogen (secondary N) is 2. The van der Waals surface area contributed by atoms with E-state index < -0.39 is 0 Å². The monoisotopic (exact) mass is 522 g/mol. The van der Waals surface area contributed by atoms with Crippen molar-refractivity contribution < 1.29 is 9.59 Å². The number of carbonyl (C=O) groups is 2. The number of hydrogen-bond acceptors (Lipinski definition) is 4. The smallest absolute Gasteiger partial charge is 0.267 e. The molecule has 0 bridgehead atoms. The third-order valence-corrected chi connectivity index (χ3v) is 6.20. The van der Waals surface area contributed by atoms with E-state index in [0.717, 1.165) is 33.4 Å². The Balaban J connectivity index is 1.10. The number of hydrazone groups is 2. The van der Waals surface area contributed by atoms with Crippen molar-refractivity contribution in [1.82, 2.24) is 10.9 Å². The highest BCUT2D eigenvalue weighted by atomic mass is 16.2. The van der Waals surface area contributed by atoms with E-state index in [1.165, 1.54) is 0 Å². The second-order valence-electron chi connectivity index (χ2n) is 8.95. The molecule has 0 saturated carbocycles. The van der Waals surface area contributed by atoms with E-state index in [-0.39, 0.29) is 11.8 Å². The Hall–Kier alpha value is -5.62. The average Bonchev–Trinajstić information content (AvgIpc) is 3.03. The quantitative estimate of drug-likeness (QED) is 0.179. The summed E-state index contributed by atoms with van der Waals surface area (Å²) in [6, 6.07) is 42.1. The molecular weight excluding hydrogens is 496 g/mol. The molecule has 5 aromatic rings. The van der Waals surface area contributed by atoms with Gasteiger partial charge in [0.25, 0.3) is 11.8 Å². The number of carbonyl (C=O) groups excluding carboxylic acids is 2. The molecule has 2 N–H and O–H groups in total. The summed E-state index contributed by atoms with van der Waals surface area (Å²) in [5.41, 5.74) is 12.0. The van der Waals surface area contributed by atoms with Gasteiger partial charge < -0.3 is 0 Å². The van der Waals surface area contributed by atoms with Crippen LogP contribution in [-0.4, -0.2) is 24.2 Å². The molecule has 2 amide bonds. The molecule has 0 unspecified atom stereocenters. The van der Waals surface area contributed by atoms with Gasteiger partial charge in [-0.05, 0) is 57.6 Å². The summed E-state index contributed by atoms with van der Waals surface area (Å²) in [7, 11) is 0. The van der Waals surface area contributed by atoms with Crippen molar-refractivity contribution in [2.45, 2.75) is 0 Å². The maximum atomic E-state index is 12.4. The van der Waals surface area contributed by atoms with E-state index in [9.17, 15) is 9.59 Å². The van der Waals surface area contributed by atoms with Crippen molar-refractivity contribution in [3.8, 4) is 22.3 Å². The van der Waals surface area contributed by atoms with Gasteiger partial charge in [-0.3, -0.25) is 9.59 Å². The van der Waals surface area contributed by atoms with Gasteiger partial charge in [0.05, 0.1) is 12.4 Å². The molecule has 0 aliphatic rings. The highest BCUT2D eigenvalue weighted by molar-refractivity contribution is 5.96. The van der Waals surface area contributed by atoms with Crippen LogP contribution in [0.4, 0.5) is 0 Å². The Morgan fingerprint density at radius 2 is 0.750 bits per heavy atom. The second kappa shape index (κ2) is 12.8. The molecule has 0 saturated heterocycles. The van der Waals surface area contributed by atoms with E-state index >= 15 is 0 Å². The van der Waals surface area contributed by atoms with Crippen LogP contribution in [0.2, 0.25) is 0 Å². The molecule has 0 radical (unpaired) electrons. The lowest BCUT2D eigenvalue weighted by Crippen LogP contribution is -2.17. The maximum absolute atomic E-state index is 12.4. The van der Waals surface area contributed by atoms with Crippen LogP contribution in [0, 0.1) is 0 Å². The van der Waals surface area contributed by atoms with Crippen molar-refractivity contribution in [3.05, 3.63) is 156 Å². The summed E-state index contributed by atoms with van der Waals surface area (Å²) in [5.74, 6) is -0.574. The minimum atomic E-state index is -0.287. The highest BCUT2D eigenvalue weighted by Gasteiger charge is 2.06. The molecule has 0 heterocycles. The van der Waals surface area contributed by atoms with Crippen LogP contribution in [0.5, 0.6) is 0 Å². The van der Waals surface area contributed by atoms with Crippen molar-refractivity contribution in [2.75, 3.05) is 0 Å². The van der Waals surface area contributed by atoms with Crippen molar-refractivity contribution >= 4 is 24.2 Å². The van der Waals surface area contributed by atoms with Gasteiger partial charge in [0.15, 0.2) is 0 Å². The van der Waals surface area contributed by atoms with Crippen LogP contribution in [0.1, 0.15) is 31.8 Å². The predicted octanol–water partition coefficient (Wildman–Crippen LogP) is 6.55. The first kappa shape index (κ1) is 26.0. The Bertz CT molecular complexity index is 1500. The fourth-order valence-electron chi connectivity index (χ4n) is 4.02. The van der Waals surface area contributed by atoms with Crippen molar-refractivity contribution in [2.24, 2.45) is 10.2 Å². The summed E-state index contributed by atoms with van der Waals surface area (Å²) >= 11 is 0. The van der Waals surface area contributed by atoms with Gasteiger partial charge >= 0.3 is 0 Å². The topological polar surface area (TPSA) is 82.9 Å². The normalized spacial score (nSPS) is 11.0. The summed E-state index contributed by atoms with van der Waals surface area (Å²) < 4.78 is 0. The largest absolute Gasteiger partial charge is 0.271 e. The molecule has 0 aliphatic carbocycles. The lowest BCUT2D eigenvalue weighted by molar-refractivity contribution is 0.0947. The number of rotatable bonds is 8. The Kier molecular flexibility index (Phi) is 8.29. The SMILES string of the molecule is O=C(NN=Cc1ccc(C=NNC(=O)c2ccc(-c3ccccc3)cc2)cc1)c1ccc(-c2ccccc2)cc1. The molecule has 0 fully saturated rings. The summed E-state index contributed by atoms with van der Waals surface area (Å²) in [6.45, 7) is 0. The van der Waals surface area contributed by atoms with Crippen LogP contribution in [0.25, 0.3) is 22.3 Å². The number of nitrogens with zero attached hydrogens (tertiary/aromatic N) is 2. The fourth-order valence-corrected chi connectivity index (χ4v) is 4.02. The van der Waals surface area contributed by atoms with Crippen LogP contribution < -0.4 is 10.9 Å². The molecule has 0 spiro atoms. The first-order valence-corrected chi connectivity index (χ1v) is 12.7. The minimum Gasteiger partial charge on any atom is -0.267 e. The predicted molar refractivity (Wildman–Crippen MR) is 160 cm³/mol. The van der Waals surface area contributed by atoms with E-state index in [1.807, 2.05) is 109 Å². The molecule has 194 valence electrons.